The fourth-order valence-electron chi connectivity index (χ4n) is 4.72. The number of para-hydroxylation sites is 1. The van der Waals surface area contributed by atoms with Gasteiger partial charge in [-0.15, -0.1) is 10.2 Å². The van der Waals surface area contributed by atoms with Gasteiger partial charge in [0.1, 0.15) is 17.7 Å². The van der Waals surface area contributed by atoms with Gasteiger partial charge in [0.2, 0.25) is 0 Å². The minimum atomic E-state index is -1.30. The van der Waals surface area contributed by atoms with Crippen molar-refractivity contribution >= 4 is 23.0 Å². The van der Waals surface area contributed by atoms with Crippen molar-refractivity contribution in [2.24, 2.45) is 5.73 Å². The number of anilines is 2. The number of aliphatic hydroxyl groups is 1. The monoisotopic (exact) mass is 456 g/mol. The van der Waals surface area contributed by atoms with Gasteiger partial charge in [-0.1, -0.05) is 23.7 Å². The molecule has 10 heteroatoms. The topological polar surface area (TPSA) is 120 Å². The second-order valence-electron chi connectivity index (χ2n) is 8.20. The Balaban J connectivity index is 1.47. The largest absolute Gasteiger partial charge is 0.494 e. The summed E-state index contributed by atoms with van der Waals surface area (Å²) in [4.78, 5) is 0. The fraction of sp³-hybridized carbons (Fsp3) is 0.409. The summed E-state index contributed by atoms with van der Waals surface area (Å²) in [6.45, 7) is 0.833. The molecule has 1 aliphatic heterocycles. The molecule has 1 saturated carbocycles. The summed E-state index contributed by atoms with van der Waals surface area (Å²) in [5, 5.41) is 25.5. The Hall–Kier alpha value is -2.72. The van der Waals surface area contributed by atoms with E-state index in [1.807, 2.05) is 29.1 Å². The molecular formula is C22H25ClN6O3. The van der Waals surface area contributed by atoms with Crippen LogP contribution in [-0.4, -0.2) is 44.4 Å². The van der Waals surface area contributed by atoms with E-state index < -0.39 is 6.23 Å². The molecule has 4 N–H and O–H groups in total. The molecule has 2 aromatic heterocycles. The third-order valence-corrected chi connectivity index (χ3v) is 6.56. The molecule has 3 aromatic rings. The number of aromatic nitrogens is 4. The summed E-state index contributed by atoms with van der Waals surface area (Å²) in [5.41, 5.74) is 8.69. The number of nitrogens with two attached hydrogens (primary N) is 1. The van der Waals surface area contributed by atoms with E-state index in [9.17, 15) is 5.11 Å². The highest BCUT2D eigenvalue weighted by molar-refractivity contribution is 6.29. The molecule has 0 bridgehead atoms. The lowest BCUT2D eigenvalue weighted by Crippen LogP contribution is -2.47. The molecule has 2 aliphatic rings. The number of halogens is 1. The van der Waals surface area contributed by atoms with E-state index in [1.165, 1.54) is 0 Å². The van der Waals surface area contributed by atoms with Gasteiger partial charge in [0.25, 0.3) is 0 Å². The van der Waals surface area contributed by atoms with Crippen LogP contribution >= 0.6 is 11.6 Å². The average molecular weight is 457 g/mol. The molecule has 168 valence electrons. The number of hydrogen-bond donors (Lipinski definition) is 3. The standard InChI is InChI=1S/C22H25ClN6O3/c1-31-20-14(13-11-25-29(12-13)17-6-8-22(17)7-3-9-32-22)4-2-5-15(20)26-16-10-18(23)27-28-19(16)21(24)30/h2,4-5,10-12,17,21,30H,3,6-9,24H2,1H3,(H,26,27)/t17-,21?,22-/m1/s1. The summed E-state index contributed by atoms with van der Waals surface area (Å²) in [5.74, 6) is 0.623. The van der Waals surface area contributed by atoms with Crippen LogP contribution in [-0.2, 0) is 4.74 Å². The van der Waals surface area contributed by atoms with Crippen molar-refractivity contribution in [2.45, 2.75) is 43.6 Å². The first-order valence-electron chi connectivity index (χ1n) is 10.6. The van der Waals surface area contributed by atoms with Crippen LogP contribution in [0, 0.1) is 0 Å². The van der Waals surface area contributed by atoms with Gasteiger partial charge < -0.3 is 25.6 Å². The van der Waals surface area contributed by atoms with Crippen molar-refractivity contribution in [3.05, 3.63) is 47.5 Å². The fourth-order valence-corrected chi connectivity index (χ4v) is 4.87. The summed E-state index contributed by atoms with van der Waals surface area (Å²) in [6.07, 6.45) is 6.96. The number of methoxy groups -OCH3 is 1. The van der Waals surface area contributed by atoms with E-state index in [0.29, 0.717) is 17.1 Å². The van der Waals surface area contributed by atoms with E-state index in [1.54, 1.807) is 13.2 Å². The Bertz CT molecular complexity index is 1130. The minimum absolute atomic E-state index is 0.0517. The molecule has 0 radical (unpaired) electrons. The summed E-state index contributed by atoms with van der Waals surface area (Å²) >= 11 is 6.00. The predicted molar refractivity (Wildman–Crippen MR) is 120 cm³/mol. The van der Waals surface area contributed by atoms with E-state index in [-0.39, 0.29) is 22.5 Å². The van der Waals surface area contributed by atoms with Crippen LogP contribution in [0.15, 0.2) is 36.7 Å². The van der Waals surface area contributed by atoms with Gasteiger partial charge in [0, 0.05) is 30.0 Å². The average Bonchev–Trinajstić information content (AvgIpc) is 3.44. The number of ether oxygens (including phenoxy) is 2. The van der Waals surface area contributed by atoms with Crippen LogP contribution in [0.2, 0.25) is 5.15 Å². The van der Waals surface area contributed by atoms with Crippen molar-refractivity contribution in [1.29, 1.82) is 0 Å². The number of nitrogens with zero attached hydrogens (tertiary/aromatic N) is 4. The van der Waals surface area contributed by atoms with Gasteiger partial charge in [-0.25, -0.2) is 0 Å². The van der Waals surface area contributed by atoms with Gasteiger partial charge in [0.15, 0.2) is 5.15 Å². The highest BCUT2D eigenvalue weighted by Crippen LogP contribution is 2.51. The highest BCUT2D eigenvalue weighted by Gasteiger charge is 2.51. The van der Waals surface area contributed by atoms with Crippen molar-refractivity contribution in [3.8, 4) is 16.9 Å². The second kappa shape index (κ2) is 8.32. The smallest absolute Gasteiger partial charge is 0.153 e. The number of rotatable bonds is 6. The van der Waals surface area contributed by atoms with E-state index in [2.05, 4.69) is 26.8 Å². The van der Waals surface area contributed by atoms with Crippen LogP contribution in [0.1, 0.15) is 43.6 Å². The SMILES string of the molecule is COc1c(Nc2cc(Cl)nnc2C(N)O)cccc1-c1cnn([C@@H]2CC[C@]23CCCO3)c1. The van der Waals surface area contributed by atoms with Crippen molar-refractivity contribution in [2.75, 3.05) is 19.0 Å². The molecule has 2 fully saturated rings. The number of nitrogens with one attached hydrogen (secondary N) is 1. The molecule has 9 nitrogen and oxygen atoms in total. The van der Waals surface area contributed by atoms with Crippen LogP contribution in [0.4, 0.5) is 11.4 Å². The Morgan fingerprint density at radius 3 is 2.91 bits per heavy atom. The van der Waals surface area contributed by atoms with Gasteiger partial charge in [0.05, 0.1) is 36.3 Å². The zero-order chi connectivity index (χ0) is 22.3. The van der Waals surface area contributed by atoms with E-state index in [0.717, 1.165) is 43.4 Å². The van der Waals surface area contributed by atoms with Crippen LogP contribution in [0.5, 0.6) is 5.75 Å². The Labute approximate surface area is 190 Å². The van der Waals surface area contributed by atoms with E-state index in [4.69, 9.17) is 26.8 Å². The molecule has 5 rings (SSSR count). The lowest BCUT2D eigenvalue weighted by Gasteiger charge is -2.45. The third-order valence-electron chi connectivity index (χ3n) is 6.38. The maximum absolute atomic E-state index is 9.84. The predicted octanol–water partition coefficient (Wildman–Crippen LogP) is 3.58. The maximum atomic E-state index is 9.84. The molecule has 0 amide bonds. The molecule has 1 saturated heterocycles. The first kappa shape index (κ1) is 21.1. The third kappa shape index (κ3) is 3.61. The van der Waals surface area contributed by atoms with E-state index >= 15 is 0 Å². The first-order valence-corrected chi connectivity index (χ1v) is 11.0. The zero-order valence-electron chi connectivity index (χ0n) is 17.7. The molecular weight excluding hydrogens is 432 g/mol. The van der Waals surface area contributed by atoms with Crippen LogP contribution in [0.25, 0.3) is 11.1 Å². The van der Waals surface area contributed by atoms with Crippen molar-refractivity contribution in [1.82, 2.24) is 20.0 Å². The molecule has 1 unspecified atom stereocenters. The Morgan fingerprint density at radius 1 is 1.34 bits per heavy atom. The van der Waals surface area contributed by atoms with Gasteiger partial charge in [-0.2, -0.15) is 5.10 Å². The van der Waals surface area contributed by atoms with Gasteiger partial charge in [-0.05, 0) is 31.7 Å². The van der Waals surface area contributed by atoms with Crippen molar-refractivity contribution < 1.29 is 14.6 Å². The molecule has 1 aliphatic carbocycles. The molecule has 3 heterocycles. The number of aliphatic hydroxyl groups excluding tert-OH is 1. The van der Waals surface area contributed by atoms with Gasteiger partial charge in [-0.3, -0.25) is 4.68 Å². The Kier molecular flexibility index (Phi) is 5.50. The van der Waals surface area contributed by atoms with Gasteiger partial charge >= 0.3 is 0 Å². The first-order chi connectivity index (χ1) is 15.5. The maximum Gasteiger partial charge on any atom is 0.153 e. The lowest BCUT2D eigenvalue weighted by molar-refractivity contribution is -0.105. The molecule has 1 spiro atoms. The highest BCUT2D eigenvalue weighted by atomic mass is 35.5. The van der Waals surface area contributed by atoms with Crippen LogP contribution in [0.3, 0.4) is 0 Å². The molecule has 1 aromatic carbocycles. The van der Waals surface area contributed by atoms with Crippen LogP contribution < -0.4 is 15.8 Å². The normalized spacial score (nSPS) is 23.2. The van der Waals surface area contributed by atoms with Crippen molar-refractivity contribution in [3.63, 3.8) is 0 Å². The Morgan fingerprint density at radius 2 is 2.22 bits per heavy atom. The number of hydrogen-bond acceptors (Lipinski definition) is 8. The second-order valence-corrected chi connectivity index (χ2v) is 8.59. The molecule has 32 heavy (non-hydrogen) atoms. The molecule has 3 atom stereocenters. The number of benzene rings is 1. The minimum Gasteiger partial charge on any atom is -0.494 e. The summed E-state index contributed by atoms with van der Waals surface area (Å²) < 4.78 is 13.9. The summed E-state index contributed by atoms with van der Waals surface area (Å²) in [6, 6.07) is 7.58. The lowest BCUT2D eigenvalue weighted by atomic mass is 9.73. The quantitative estimate of drug-likeness (QED) is 0.481. The zero-order valence-corrected chi connectivity index (χ0v) is 18.4. The summed E-state index contributed by atoms with van der Waals surface area (Å²) in [7, 11) is 1.61.